The standard InChI is InChI=1S/C12H12ClN3O3/c1-8-4-5-9(7-10(8)16(17)18)12-15-14-11(19-12)3-2-6-13/h4-5,7H,2-3,6H2,1H3. The van der Waals surface area contributed by atoms with Crippen LogP contribution in [0.3, 0.4) is 0 Å². The summed E-state index contributed by atoms with van der Waals surface area (Å²) in [7, 11) is 0. The fourth-order valence-electron chi connectivity index (χ4n) is 1.63. The van der Waals surface area contributed by atoms with Crippen LogP contribution < -0.4 is 0 Å². The minimum atomic E-state index is -0.427. The molecule has 0 bridgehead atoms. The molecule has 0 atom stereocenters. The van der Waals surface area contributed by atoms with E-state index in [1.54, 1.807) is 19.1 Å². The Hall–Kier alpha value is -1.95. The zero-order chi connectivity index (χ0) is 13.8. The molecule has 0 unspecified atom stereocenters. The van der Waals surface area contributed by atoms with Crippen LogP contribution in [0.1, 0.15) is 17.9 Å². The van der Waals surface area contributed by atoms with Gasteiger partial charge in [0.15, 0.2) is 0 Å². The molecule has 7 heteroatoms. The molecule has 0 radical (unpaired) electrons. The Labute approximate surface area is 114 Å². The highest BCUT2D eigenvalue weighted by atomic mass is 35.5. The van der Waals surface area contributed by atoms with E-state index in [2.05, 4.69) is 10.2 Å². The average molecular weight is 282 g/mol. The molecule has 0 aliphatic heterocycles. The molecule has 2 rings (SSSR count). The van der Waals surface area contributed by atoms with Crippen molar-refractivity contribution < 1.29 is 9.34 Å². The van der Waals surface area contributed by atoms with Gasteiger partial charge in [-0.25, -0.2) is 0 Å². The number of halogens is 1. The van der Waals surface area contributed by atoms with Crippen molar-refractivity contribution in [3.05, 3.63) is 39.8 Å². The third-order valence-corrected chi connectivity index (χ3v) is 2.91. The number of aryl methyl sites for hydroxylation is 2. The number of rotatable bonds is 5. The summed E-state index contributed by atoms with van der Waals surface area (Å²) in [6.45, 7) is 1.68. The Bertz CT molecular complexity index is 598. The second-order valence-electron chi connectivity index (χ2n) is 4.05. The fourth-order valence-corrected chi connectivity index (χ4v) is 1.76. The van der Waals surface area contributed by atoms with Gasteiger partial charge in [-0.1, -0.05) is 6.07 Å². The molecular weight excluding hydrogens is 270 g/mol. The molecule has 2 aromatic rings. The molecule has 0 fully saturated rings. The first-order valence-electron chi connectivity index (χ1n) is 5.75. The van der Waals surface area contributed by atoms with Gasteiger partial charge in [0.25, 0.3) is 5.69 Å². The van der Waals surface area contributed by atoms with Crippen molar-refractivity contribution in [1.82, 2.24) is 10.2 Å². The SMILES string of the molecule is Cc1ccc(-c2nnc(CCCCl)o2)cc1[N+](=O)[O-]. The van der Waals surface area contributed by atoms with E-state index in [0.717, 1.165) is 6.42 Å². The highest BCUT2D eigenvalue weighted by Crippen LogP contribution is 2.26. The van der Waals surface area contributed by atoms with E-state index < -0.39 is 4.92 Å². The summed E-state index contributed by atoms with van der Waals surface area (Å²) in [6, 6.07) is 4.82. The molecule has 0 saturated carbocycles. The molecule has 0 aliphatic rings. The molecule has 6 nitrogen and oxygen atoms in total. The molecular formula is C12H12ClN3O3. The Morgan fingerprint density at radius 2 is 2.21 bits per heavy atom. The molecule has 0 amide bonds. The summed E-state index contributed by atoms with van der Waals surface area (Å²) in [5.74, 6) is 1.29. The van der Waals surface area contributed by atoms with Gasteiger partial charge < -0.3 is 4.42 Å². The van der Waals surface area contributed by atoms with Crippen molar-refractivity contribution in [2.24, 2.45) is 0 Å². The molecule has 100 valence electrons. The Kier molecular flexibility index (Phi) is 4.11. The van der Waals surface area contributed by atoms with Gasteiger partial charge in [0.1, 0.15) is 0 Å². The maximum absolute atomic E-state index is 10.9. The summed E-state index contributed by atoms with van der Waals surface area (Å²) in [5, 5.41) is 18.6. The van der Waals surface area contributed by atoms with Gasteiger partial charge in [-0.05, 0) is 19.4 Å². The number of nitrogens with zero attached hydrogens (tertiary/aromatic N) is 3. The molecule has 1 aromatic heterocycles. The Balaban J connectivity index is 2.29. The fraction of sp³-hybridized carbons (Fsp3) is 0.333. The minimum Gasteiger partial charge on any atom is -0.421 e. The second-order valence-corrected chi connectivity index (χ2v) is 4.43. The van der Waals surface area contributed by atoms with E-state index in [-0.39, 0.29) is 11.6 Å². The molecule has 0 spiro atoms. The minimum absolute atomic E-state index is 0.0398. The van der Waals surface area contributed by atoms with Gasteiger partial charge in [0, 0.05) is 29.5 Å². The first-order valence-corrected chi connectivity index (χ1v) is 6.29. The summed E-state index contributed by atoms with van der Waals surface area (Å²) in [6.07, 6.45) is 1.35. The van der Waals surface area contributed by atoms with Crippen LogP contribution in [-0.2, 0) is 6.42 Å². The average Bonchev–Trinajstić information content (AvgIpc) is 2.85. The lowest BCUT2D eigenvalue weighted by Crippen LogP contribution is -1.92. The third-order valence-electron chi connectivity index (χ3n) is 2.64. The van der Waals surface area contributed by atoms with Gasteiger partial charge in [0.05, 0.1) is 4.92 Å². The largest absolute Gasteiger partial charge is 0.421 e. The van der Waals surface area contributed by atoms with Crippen LogP contribution in [0.25, 0.3) is 11.5 Å². The molecule has 0 aliphatic carbocycles. The monoisotopic (exact) mass is 281 g/mol. The predicted octanol–water partition coefficient (Wildman–Crippen LogP) is 3.12. The quantitative estimate of drug-likeness (QED) is 0.478. The maximum Gasteiger partial charge on any atom is 0.273 e. The van der Waals surface area contributed by atoms with Gasteiger partial charge >= 0.3 is 0 Å². The first-order chi connectivity index (χ1) is 9.11. The third kappa shape index (κ3) is 3.08. The number of hydrogen-bond acceptors (Lipinski definition) is 5. The number of hydrogen-bond donors (Lipinski definition) is 0. The number of nitro benzene ring substituents is 1. The van der Waals surface area contributed by atoms with Crippen molar-refractivity contribution in [3.63, 3.8) is 0 Å². The van der Waals surface area contributed by atoms with E-state index in [0.29, 0.717) is 29.3 Å². The summed E-state index contributed by atoms with van der Waals surface area (Å²) in [5.41, 5.74) is 1.18. The van der Waals surface area contributed by atoms with E-state index in [9.17, 15) is 10.1 Å². The van der Waals surface area contributed by atoms with Crippen LogP contribution in [0.2, 0.25) is 0 Å². The van der Waals surface area contributed by atoms with Gasteiger partial charge in [-0.15, -0.1) is 21.8 Å². The molecule has 1 aromatic carbocycles. The number of benzene rings is 1. The highest BCUT2D eigenvalue weighted by molar-refractivity contribution is 6.17. The Morgan fingerprint density at radius 3 is 2.89 bits per heavy atom. The number of alkyl halides is 1. The Morgan fingerprint density at radius 1 is 1.42 bits per heavy atom. The van der Waals surface area contributed by atoms with Crippen molar-refractivity contribution >= 4 is 17.3 Å². The lowest BCUT2D eigenvalue weighted by molar-refractivity contribution is -0.385. The van der Waals surface area contributed by atoms with E-state index in [4.69, 9.17) is 16.0 Å². The highest BCUT2D eigenvalue weighted by Gasteiger charge is 2.15. The van der Waals surface area contributed by atoms with Crippen LogP contribution in [0.4, 0.5) is 5.69 Å². The number of nitro groups is 1. The predicted molar refractivity (Wildman–Crippen MR) is 70.2 cm³/mol. The molecule has 19 heavy (non-hydrogen) atoms. The van der Waals surface area contributed by atoms with Gasteiger partial charge in [-0.2, -0.15) is 0 Å². The zero-order valence-corrected chi connectivity index (χ0v) is 11.1. The summed E-state index contributed by atoms with van der Waals surface area (Å²) in [4.78, 5) is 10.4. The van der Waals surface area contributed by atoms with Crippen LogP contribution in [-0.4, -0.2) is 21.0 Å². The summed E-state index contributed by atoms with van der Waals surface area (Å²) >= 11 is 5.58. The smallest absolute Gasteiger partial charge is 0.273 e. The number of aromatic nitrogens is 2. The van der Waals surface area contributed by atoms with Crippen molar-refractivity contribution in [1.29, 1.82) is 0 Å². The van der Waals surface area contributed by atoms with E-state index >= 15 is 0 Å². The van der Waals surface area contributed by atoms with Crippen molar-refractivity contribution in [2.75, 3.05) is 5.88 Å². The molecule has 0 saturated heterocycles. The van der Waals surface area contributed by atoms with E-state index in [1.165, 1.54) is 6.07 Å². The normalized spacial score (nSPS) is 10.6. The molecule has 1 heterocycles. The zero-order valence-electron chi connectivity index (χ0n) is 10.3. The van der Waals surface area contributed by atoms with E-state index in [1.807, 2.05) is 0 Å². The lowest BCUT2D eigenvalue weighted by Gasteiger charge is -1.98. The van der Waals surface area contributed by atoms with Crippen LogP contribution in [0, 0.1) is 17.0 Å². The van der Waals surface area contributed by atoms with Crippen LogP contribution in [0.5, 0.6) is 0 Å². The van der Waals surface area contributed by atoms with Crippen LogP contribution >= 0.6 is 11.6 Å². The van der Waals surface area contributed by atoms with Gasteiger partial charge in [-0.3, -0.25) is 10.1 Å². The lowest BCUT2D eigenvalue weighted by atomic mass is 10.1. The maximum atomic E-state index is 10.9. The van der Waals surface area contributed by atoms with Crippen LogP contribution in [0.15, 0.2) is 22.6 Å². The van der Waals surface area contributed by atoms with Gasteiger partial charge in [0.2, 0.25) is 11.8 Å². The first kappa shape index (κ1) is 13.5. The van der Waals surface area contributed by atoms with Crippen molar-refractivity contribution in [2.45, 2.75) is 19.8 Å². The van der Waals surface area contributed by atoms with Crippen molar-refractivity contribution in [3.8, 4) is 11.5 Å². The topological polar surface area (TPSA) is 82.1 Å². The molecule has 0 N–H and O–H groups in total. The second kappa shape index (κ2) is 5.79. The summed E-state index contributed by atoms with van der Waals surface area (Å²) < 4.78 is 5.44.